The van der Waals surface area contributed by atoms with Crippen LogP contribution in [0.5, 0.6) is 0 Å². The molecule has 126 valence electrons. The molecule has 2 N–H and O–H groups in total. The molecule has 0 amide bonds. The molecule has 0 bridgehead atoms. The van der Waals surface area contributed by atoms with Crippen LogP contribution in [0.4, 0.5) is 11.4 Å². The van der Waals surface area contributed by atoms with Crippen molar-refractivity contribution in [3.05, 3.63) is 59.7 Å². The van der Waals surface area contributed by atoms with E-state index >= 15 is 0 Å². The lowest BCUT2D eigenvalue weighted by atomic mass is 10.1. The van der Waals surface area contributed by atoms with Crippen molar-refractivity contribution < 1.29 is 9.53 Å². The second-order valence-electron chi connectivity index (χ2n) is 6.04. The summed E-state index contributed by atoms with van der Waals surface area (Å²) in [5.74, 6) is -0.293. The third-order valence-corrected chi connectivity index (χ3v) is 4.41. The third-order valence-electron chi connectivity index (χ3n) is 4.41. The minimum Gasteiger partial charge on any atom is -0.465 e. The SMILES string of the molecule is COC(=O)c1ccc(CN2CCN(c3ccc(N)cc3)CC2)cc1. The normalized spacial score (nSPS) is 15.3. The highest BCUT2D eigenvalue weighted by atomic mass is 16.5. The lowest BCUT2D eigenvalue weighted by Crippen LogP contribution is -2.45. The highest BCUT2D eigenvalue weighted by Crippen LogP contribution is 2.19. The summed E-state index contributed by atoms with van der Waals surface area (Å²) < 4.78 is 4.72. The number of hydrogen-bond donors (Lipinski definition) is 1. The Morgan fingerprint density at radius 1 is 1.00 bits per heavy atom. The van der Waals surface area contributed by atoms with Gasteiger partial charge in [-0.1, -0.05) is 12.1 Å². The van der Waals surface area contributed by atoms with E-state index in [0.717, 1.165) is 38.4 Å². The van der Waals surface area contributed by atoms with Crippen LogP contribution in [0, 0.1) is 0 Å². The number of piperazine rings is 1. The zero-order chi connectivity index (χ0) is 16.9. The zero-order valence-electron chi connectivity index (χ0n) is 13.9. The van der Waals surface area contributed by atoms with Crippen molar-refractivity contribution in [3.63, 3.8) is 0 Å². The van der Waals surface area contributed by atoms with Crippen LogP contribution in [0.3, 0.4) is 0 Å². The minimum absolute atomic E-state index is 0.293. The van der Waals surface area contributed by atoms with Crippen LogP contribution in [0.15, 0.2) is 48.5 Å². The standard InChI is InChI=1S/C19H23N3O2/c1-24-19(23)16-4-2-15(3-5-16)14-21-10-12-22(13-11-21)18-8-6-17(20)7-9-18/h2-9H,10-14,20H2,1H3. The highest BCUT2D eigenvalue weighted by Gasteiger charge is 2.17. The van der Waals surface area contributed by atoms with E-state index < -0.39 is 0 Å². The van der Waals surface area contributed by atoms with E-state index in [1.807, 2.05) is 36.4 Å². The number of hydrogen-bond acceptors (Lipinski definition) is 5. The lowest BCUT2D eigenvalue weighted by Gasteiger charge is -2.36. The Kier molecular flexibility index (Phi) is 5.01. The average Bonchev–Trinajstić information content (AvgIpc) is 2.63. The van der Waals surface area contributed by atoms with E-state index in [0.29, 0.717) is 5.56 Å². The molecule has 0 saturated carbocycles. The van der Waals surface area contributed by atoms with Gasteiger partial charge in [-0.25, -0.2) is 4.79 Å². The first-order chi connectivity index (χ1) is 11.7. The summed E-state index contributed by atoms with van der Waals surface area (Å²) in [5.41, 5.74) is 9.58. The number of nitrogen functional groups attached to an aromatic ring is 1. The van der Waals surface area contributed by atoms with Crippen molar-refractivity contribution in [2.45, 2.75) is 6.54 Å². The maximum atomic E-state index is 11.5. The number of rotatable bonds is 4. The van der Waals surface area contributed by atoms with Crippen molar-refractivity contribution in [1.82, 2.24) is 4.90 Å². The van der Waals surface area contributed by atoms with E-state index in [1.165, 1.54) is 18.4 Å². The molecule has 0 spiro atoms. The summed E-state index contributed by atoms with van der Waals surface area (Å²) in [7, 11) is 1.40. The molecular weight excluding hydrogens is 302 g/mol. The smallest absolute Gasteiger partial charge is 0.337 e. The van der Waals surface area contributed by atoms with Gasteiger partial charge in [0.1, 0.15) is 0 Å². The number of ether oxygens (including phenoxy) is 1. The van der Waals surface area contributed by atoms with Crippen molar-refractivity contribution in [3.8, 4) is 0 Å². The van der Waals surface area contributed by atoms with Gasteiger partial charge in [0, 0.05) is 44.1 Å². The molecule has 2 aromatic rings. The Morgan fingerprint density at radius 3 is 2.21 bits per heavy atom. The van der Waals surface area contributed by atoms with E-state index in [4.69, 9.17) is 10.5 Å². The fraction of sp³-hybridized carbons (Fsp3) is 0.316. The molecule has 1 aliphatic heterocycles. The average molecular weight is 325 g/mol. The number of carbonyl (C=O) groups excluding carboxylic acids is 1. The molecular formula is C19H23N3O2. The second-order valence-corrected chi connectivity index (χ2v) is 6.04. The molecule has 0 aromatic heterocycles. The summed E-state index contributed by atoms with van der Waals surface area (Å²) in [4.78, 5) is 16.3. The Labute approximate surface area is 142 Å². The van der Waals surface area contributed by atoms with Gasteiger partial charge in [0.2, 0.25) is 0 Å². The predicted octanol–water partition coefficient (Wildman–Crippen LogP) is 2.38. The van der Waals surface area contributed by atoms with Crippen LogP contribution in [0.2, 0.25) is 0 Å². The Bertz CT molecular complexity index is 675. The van der Waals surface area contributed by atoms with Crippen LogP contribution in [0.25, 0.3) is 0 Å². The van der Waals surface area contributed by atoms with Crippen molar-refractivity contribution >= 4 is 17.3 Å². The lowest BCUT2D eigenvalue weighted by molar-refractivity contribution is 0.0600. The topological polar surface area (TPSA) is 58.8 Å². The fourth-order valence-electron chi connectivity index (χ4n) is 2.97. The van der Waals surface area contributed by atoms with Gasteiger partial charge in [0.15, 0.2) is 0 Å². The summed E-state index contributed by atoms with van der Waals surface area (Å²) in [5, 5.41) is 0. The fourth-order valence-corrected chi connectivity index (χ4v) is 2.97. The van der Waals surface area contributed by atoms with Gasteiger partial charge < -0.3 is 15.4 Å². The Morgan fingerprint density at radius 2 is 1.62 bits per heavy atom. The first-order valence-electron chi connectivity index (χ1n) is 8.16. The summed E-state index contributed by atoms with van der Waals surface area (Å²) >= 11 is 0. The van der Waals surface area contributed by atoms with Crippen LogP contribution in [-0.2, 0) is 11.3 Å². The van der Waals surface area contributed by atoms with E-state index in [1.54, 1.807) is 0 Å². The van der Waals surface area contributed by atoms with Gasteiger partial charge in [0.05, 0.1) is 12.7 Å². The number of benzene rings is 2. The summed E-state index contributed by atoms with van der Waals surface area (Å²) in [6.07, 6.45) is 0. The number of carbonyl (C=O) groups is 1. The maximum absolute atomic E-state index is 11.5. The molecule has 1 heterocycles. The van der Waals surface area contributed by atoms with Crippen molar-refractivity contribution in [1.29, 1.82) is 0 Å². The molecule has 0 radical (unpaired) electrons. The van der Waals surface area contributed by atoms with Gasteiger partial charge in [-0.05, 0) is 42.0 Å². The third kappa shape index (κ3) is 3.86. The quantitative estimate of drug-likeness (QED) is 0.691. The number of nitrogens with zero attached hydrogens (tertiary/aromatic N) is 2. The Hall–Kier alpha value is -2.53. The number of anilines is 2. The van der Waals surface area contributed by atoms with Gasteiger partial charge in [0.25, 0.3) is 0 Å². The van der Waals surface area contributed by atoms with Crippen LogP contribution in [0.1, 0.15) is 15.9 Å². The second kappa shape index (κ2) is 7.36. The number of methoxy groups -OCH3 is 1. The van der Waals surface area contributed by atoms with Crippen LogP contribution >= 0.6 is 0 Å². The van der Waals surface area contributed by atoms with Crippen molar-refractivity contribution in [2.24, 2.45) is 0 Å². The summed E-state index contributed by atoms with van der Waals surface area (Å²) in [6, 6.07) is 15.7. The first kappa shape index (κ1) is 16.3. The van der Waals surface area contributed by atoms with E-state index in [2.05, 4.69) is 21.9 Å². The molecule has 24 heavy (non-hydrogen) atoms. The molecule has 2 aromatic carbocycles. The first-order valence-corrected chi connectivity index (χ1v) is 8.16. The molecule has 3 rings (SSSR count). The largest absolute Gasteiger partial charge is 0.465 e. The van der Waals surface area contributed by atoms with Gasteiger partial charge in [-0.15, -0.1) is 0 Å². The van der Waals surface area contributed by atoms with Crippen LogP contribution in [-0.4, -0.2) is 44.2 Å². The summed E-state index contributed by atoms with van der Waals surface area (Å²) in [6.45, 7) is 4.94. The predicted molar refractivity (Wildman–Crippen MR) is 96.1 cm³/mol. The van der Waals surface area contributed by atoms with Crippen molar-refractivity contribution in [2.75, 3.05) is 43.9 Å². The van der Waals surface area contributed by atoms with Gasteiger partial charge >= 0.3 is 5.97 Å². The van der Waals surface area contributed by atoms with E-state index in [-0.39, 0.29) is 5.97 Å². The van der Waals surface area contributed by atoms with Crippen LogP contribution < -0.4 is 10.6 Å². The molecule has 5 nitrogen and oxygen atoms in total. The molecule has 0 aliphatic carbocycles. The molecule has 5 heteroatoms. The molecule has 1 saturated heterocycles. The van der Waals surface area contributed by atoms with Gasteiger partial charge in [-0.2, -0.15) is 0 Å². The molecule has 0 unspecified atom stereocenters. The zero-order valence-corrected chi connectivity index (χ0v) is 13.9. The maximum Gasteiger partial charge on any atom is 0.337 e. The number of nitrogens with two attached hydrogens (primary N) is 1. The van der Waals surface area contributed by atoms with Gasteiger partial charge in [-0.3, -0.25) is 4.90 Å². The minimum atomic E-state index is -0.293. The van der Waals surface area contributed by atoms with E-state index in [9.17, 15) is 4.79 Å². The highest BCUT2D eigenvalue weighted by molar-refractivity contribution is 5.89. The molecule has 1 aliphatic rings. The Balaban J connectivity index is 1.53. The number of esters is 1. The monoisotopic (exact) mass is 325 g/mol. The molecule has 0 atom stereocenters. The molecule has 1 fully saturated rings.